The number of ketones is 1. The molecule has 1 aromatic heterocycles. The molecule has 0 radical (unpaired) electrons. The predicted molar refractivity (Wildman–Crippen MR) is 106 cm³/mol. The van der Waals surface area contributed by atoms with Crippen molar-refractivity contribution in [3.8, 4) is 11.3 Å². The fraction of sp³-hybridized carbons (Fsp3) is 0.227. The summed E-state index contributed by atoms with van der Waals surface area (Å²) in [6, 6.07) is 18.2. The van der Waals surface area contributed by atoms with Crippen LogP contribution in [0.1, 0.15) is 35.3 Å². The van der Waals surface area contributed by atoms with Crippen LogP contribution in [0.25, 0.3) is 11.3 Å². The molecule has 0 spiro atoms. The summed E-state index contributed by atoms with van der Waals surface area (Å²) < 4.78 is 29.4. The average molecular weight is 382 g/mol. The standard InChI is InChI=1S/C22H22O4S/c1-16(2)27(24,25)15-17-8-10-19(11-9-17)21(23)14-18-5-3-6-20(13-18)22-7-4-12-26-22/h3-13,16H,14-15H2,1-2H3. The molecule has 27 heavy (non-hydrogen) atoms. The van der Waals surface area contributed by atoms with Crippen LogP contribution >= 0.6 is 0 Å². The summed E-state index contributed by atoms with van der Waals surface area (Å²) in [5.74, 6) is 0.745. The highest BCUT2D eigenvalue weighted by atomic mass is 32.2. The third-order valence-corrected chi connectivity index (χ3v) is 6.63. The number of carbonyl (C=O) groups is 1. The lowest BCUT2D eigenvalue weighted by atomic mass is 10.00. The number of furan rings is 1. The summed E-state index contributed by atoms with van der Waals surface area (Å²) in [5.41, 5.74) is 3.10. The Morgan fingerprint density at radius 2 is 1.70 bits per heavy atom. The monoisotopic (exact) mass is 382 g/mol. The first-order chi connectivity index (χ1) is 12.8. The van der Waals surface area contributed by atoms with E-state index in [0.717, 1.165) is 16.9 Å². The third kappa shape index (κ3) is 4.74. The maximum absolute atomic E-state index is 12.6. The fourth-order valence-electron chi connectivity index (χ4n) is 2.75. The van der Waals surface area contributed by atoms with Crippen molar-refractivity contribution in [2.45, 2.75) is 31.3 Å². The van der Waals surface area contributed by atoms with Crippen molar-refractivity contribution in [3.05, 3.63) is 83.6 Å². The number of sulfone groups is 1. The van der Waals surface area contributed by atoms with Gasteiger partial charge in [0.05, 0.1) is 17.3 Å². The van der Waals surface area contributed by atoms with Gasteiger partial charge >= 0.3 is 0 Å². The molecule has 0 saturated heterocycles. The molecule has 0 aliphatic heterocycles. The predicted octanol–water partition coefficient (Wildman–Crippen LogP) is 4.70. The van der Waals surface area contributed by atoms with Crippen molar-refractivity contribution < 1.29 is 17.6 Å². The lowest BCUT2D eigenvalue weighted by Crippen LogP contribution is -2.16. The lowest BCUT2D eigenvalue weighted by molar-refractivity contribution is 0.0993. The van der Waals surface area contributed by atoms with E-state index in [1.165, 1.54) is 0 Å². The molecule has 140 valence electrons. The summed E-state index contributed by atoms with van der Waals surface area (Å²) in [6.07, 6.45) is 1.90. The van der Waals surface area contributed by atoms with Crippen LogP contribution in [0, 0.1) is 0 Å². The van der Waals surface area contributed by atoms with Gasteiger partial charge in [0.2, 0.25) is 0 Å². The molecule has 0 N–H and O–H groups in total. The van der Waals surface area contributed by atoms with Crippen molar-refractivity contribution in [2.24, 2.45) is 0 Å². The van der Waals surface area contributed by atoms with Crippen LogP contribution < -0.4 is 0 Å². The second-order valence-corrected chi connectivity index (χ2v) is 9.39. The highest BCUT2D eigenvalue weighted by Gasteiger charge is 2.17. The molecule has 0 unspecified atom stereocenters. The number of hydrogen-bond acceptors (Lipinski definition) is 4. The van der Waals surface area contributed by atoms with E-state index in [0.29, 0.717) is 11.1 Å². The molecule has 0 aliphatic rings. The molecule has 0 atom stereocenters. The molecule has 0 fully saturated rings. The van der Waals surface area contributed by atoms with Gasteiger partial charge in [-0.15, -0.1) is 0 Å². The Bertz CT molecular complexity index is 1010. The summed E-state index contributed by atoms with van der Waals surface area (Å²) in [5, 5.41) is -0.416. The summed E-state index contributed by atoms with van der Waals surface area (Å²) in [6.45, 7) is 3.34. The number of carbonyl (C=O) groups excluding carboxylic acids is 1. The highest BCUT2D eigenvalue weighted by molar-refractivity contribution is 7.91. The van der Waals surface area contributed by atoms with E-state index in [2.05, 4.69) is 0 Å². The molecule has 1 heterocycles. The second-order valence-electron chi connectivity index (χ2n) is 6.83. The van der Waals surface area contributed by atoms with Gasteiger partial charge in [-0.25, -0.2) is 8.42 Å². The Hall–Kier alpha value is -2.66. The molecule has 4 nitrogen and oxygen atoms in total. The molecule has 0 bridgehead atoms. The van der Waals surface area contributed by atoms with E-state index in [1.807, 2.05) is 36.4 Å². The normalized spacial score (nSPS) is 11.7. The zero-order valence-corrected chi connectivity index (χ0v) is 16.2. The fourth-order valence-corrected chi connectivity index (χ4v) is 3.74. The second kappa shape index (κ2) is 7.92. The van der Waals surface area contributed by atoms with Crippen LogP contribution in [0.5, 0.6) is 0 Å². The minimum atomic E-state index is -3.15. The van der Waals surface area contributed by atoms with Crippen molar-refractivity contribution in [2.75, 3.05) is 0 Å². The number of Topliss-reactive ketones (excluding diaryl/α,β-unsaturated/α-hetero) is 1. The molecule has 0 amide bonds. The first kappa shape index (κ1) is 19.1. The number of rotatable bonds is 7. The minimum absolute atomic E-state index is 0.00939. The van der Waals surface area contributed by atoms with Crippen LogP contribution in [-0.2, 0) is 22.0 Å². The SMILES string of the molecule is CC(C)S(=O)(=O)Cc1ccc(C(=O)Cc2cccc(-c3ccco3)c2)cc1. The van der Waals surface area contributed by atoms with Crippen LogP contribution in [0.2, 0.25) is 0 Å². The van der Waals surface area contributed by atoms with E-state index in [9.17, 15) is 13.2 Å². The van der Waals surface area contributed by atoms with Gasteiger partial charge in [0.25, 0.3) is 0 Å². The van der Waals surface area contributed by atoms with Gasteiger partial charge in [0.1, 0.15) is 5.76 Å². The maximum atomic E-state index is 12.6. The third-order valence-electron chi connectivity index (χ3n) is 4.46. The first-order valence-corrected chi connectivity index (χ1v) is 10.5. The Morgan fingerprint density at radius 1 is 0.963 bits per heavy atom. The van der Waals surface area contributed by atoms with Crippen LogP contribution in [0.15, 0.2) is 71.3 Å². The van der Waals surface area contributed by atoms with E-state index >= 15 is 0 Å². The number of hydrogen-bond donors (Lipinski definition) is 0. The zero-order valence-electron chi connectivity index (χ0n) is 15.4. The van der Waals surface area contributed by atoms with Gasteiger partial charge in [0.15, 0.2) is 15.6 Å². The van der Waals surface area contributed by atoms with Crippen LogP contribution in [0.3, 0.4) is 0 Å². The van der Waals surface area contributed by atoms with Gasteiger partial charge in [-0.05, 0) is 43.2 Å². The smallest absolute Gasteiger partial charge is 0.167 e. The van der Waals surface area contributed by atoms with E-state index < -0.39 is 15.1 Å². The topological polar surface area (TPSA) is 64.3 Å². The molecule has 5 heteroatoms. The lowest BCUT2D eigenvalue weighted by Gasteiger charge is -2.08. The van der Waals surface area contributed by atoms with Gasteiger partial charge < -0.3 is 4.42 Å². The van der Waals surface area contributed by atoms with Gasteiger partial charge in [-0.1, -0.05) is 42.5 Å². The first-order valence-electron chi connectivity index (χ1n) is 8.82. The van der Waals surface area contributed by atoms with Gasteiger partial charge in [-0.2, -0.15) is 0 Å². The zero-order chi connectivity index (χ0) is 19.4. The Morgan fingerprint density at radius 3 is 2.33 bits per heavy atom. The summed E-state index contributed by atoms with van der Waals surface area (Å²) in [7, 11) is -3.15. The van der Waals surface area contributed by atoms with Crippen LogP contribution in [-0.4, -0.2) is 19.5 Å². The van der Waals surface area contributed by atoms with Crippen molar-refractivity contribution in [1.29, 1.82) is 0 Å². The molecular formula is C22H22O4S. The summed E-state index contributed by atoms with van der Waals surface area (Å²) in [4.78, 5) is 12.6. The molecular weight excluding hydrogens is 360 g/mol. The summed E-state index contributed by atoms with van der Waals surface area (Å²) >= 11 is 0. The maximum Gasteiger partial charge on any atom is 0.167 e. The van der Waals surface area contributed by atoms with E-state index in [4.69, 9.17) is 4.42 Å². The molecule has 3 rings (SSSR count). The van der Waals surface area contributed by atoms with Crippen molar-refractivity contribution in [3.63, 3.8) is 0 Å². The largest absolute Gasteiger partial charge is 0.464 e. The number of benzene rings is 2. The molecule has 3 aromatic rings. The Labute approximate surface area is 159 Å². The molecule has 0 aliphatic carbocycles. The highest BCUT2D eigenvalue weighted by Crippen LogP contribution is 2.21. The average Bonchev–Trinajstić information content (AvgIpc) is 3.17. The minimum Gasteiger partial charge on any atom is -0.464 e. The molecule has 0 saturated carbocycles. The Balaban J connectivity index is 1.71. The van der Waals surface area contributed by atoms with Gasteiger partial charge in [0, 0.05) is 17.5 Å². The van der Waals surface area contributed by atoms with Crippen molar-refractivity contribution >= 4 is 15.6 Å². The molecule has 2 aromatic carbocycles. The van der Waals surface area contributed by atoms with Crippen molar-refractivity contribution in [1.82, 2.24) is 0 Å². The van der Waals surface area contributed by atoms with E-state index in [1.54, 1.807) is 44.4 Å². The van der Waals surface area contributed by atoms with Gasteiger partial charge in [-0.3, -0.25) is 4.79 Å². The van der Waals surface area contributed by atoms with E-state index in [-0.39, 0.29) is 18.0 Å². The Kier molecular flexibility index (Phi) is 5.61. The van der Waals surface area contributed by atoms with Crippen LogP contribution in [0.4, 0.5) is 0 Å². The quantitative estimate of drug-likeness (QED) is 0.556.